The van der Waals surface area contributed by atoms with Gasteiger partial charge in [-0.25, -0.2) is 0 Å². The van der Waals surface area contributed by atoms with Gasteiger partial charge in [-0.3, -0.25) is 4.79 Å². The molecule has 0 radical (unpaired) electrons. The smallest absolute Gasteiger partial charge is 0.237 e. The van der Waals surface area contributed by atoms with Gasteiger partial charge in [0.15, 0.2) is 0 Å². The van der Waals surface area contributed by atoms with Crippen LogP contribution in [0.1, 0.15) is 33.1 Å². The second-order valence-corrected chi connectivity index (χ2v) is 5.37. The van der Waals surface area contributed by atoms with Gasteiger partial charge in [-0.15, -0.1) is 0 Å². The molecule has 0 bridgehead atoms. The topological polar surface area (TPSA) is 44.4 Å². The Morgan fingerprint density at radius 3 is 2.65 bits per heavy atom. The molecule has 4 heteroatoms. The van der Waals surface area contributed by atoms with E-state index >= 15 is 0 Å². The zero-order valence-corrected chi connectivity index (χ0v) is 11.6. The molecule has 4 nitrogen and oxygen atoms in total. The van der Waals surface area contributed by atoms with Crippen LogP contribution in [0.15, 0.2) is 0 Å². The summed E-state index contributed by atoms with van der Waals surface area (Å²) in [5, 5.41) is 6.10. The fraction of sp³-hybridized carbons (Fsp3) is 0.923. The highest BCUT2D eigenvalue weighted by Crippen LogP contribution is 2.16. The maximum Gasteiger partial charge on any atom is 0.237 e. The molecule has 1 saturated heterocycles. The average molecular weight is 241 g/mol. The number of carbonyl (C=O) groups is 1. The zero-order valence-electron chi connectivity index (χ0n) is 11.6. The van der Waals surface area contributed by atoms with Crippen LogP contribution in [0, 0.1) is 5.92 Å². The number of hydrogen-bond acceptors (Lipinski definition) is 3. The first kappa shape index (κ1) is 14.5. The molecule has 0 aromatic rings. The molecule has 1 amide bonds. The highest BCUT2D eigenvalue weighted by Gasteiger charge is 2.22. The molecule has 0 spiro atoms. The van der Waals surface area contributed by atoms with Gasteiger partial charge in [-0.2, -0.15) is 0 Å². The Morgan fingerprint density at radius 1 is 1.47 bits per heavy atom. The second kappa shape index (κ2) is 6.97. The number of likely N-dealkylation sites (N-methyl/N-ethyl adjacent to an activating group) is 1. The summed E-state index contributed by atoms with van der Waals surface area (Å²) in [5.74, 6) is 0.456. The van der Waals surface area contributed by atoms with Crippen LogP contribution < -0.4 is 10.6 Å². The van der Waals surface area contributed by atoms with E-state index in [0.29, 0.717) is 12.0 Å². The Balaban J connectivity index is 2.23. The fourth-order valence-corrected chi connectivity index (χ4v) is 2.58. The second-order valence-electron chi connectivity index (χ2n) is 5.37. The third-order valence-corrected chi connectivity index (χ3v) is 3.71. The van der Waals surface area contributed by atoms with Gasteiger partial charge in [-0.1, -0.05) is 13.8 Å². The van der Waals surface area contributed by atoms with Crippen molar-refractivity contribution in [3.63, 3.8) is 0 Å². The van der Waals surface area contributed by atoms with E-state index < -0.39 is 0 Å². The largest absolute Gasteiger partial charge is 0.355 e. The van der Waals surface area contributed by atoms with Gasteiger partial charge < -0.3 is 15.5 Å². The van der Waals surface area contributed by atoms with Crippen LogP contribution in [0.4, 0.5) is 0 Å². The molecule has 0 aromatic carbocycles. The Kier molecular flexibility index (Phi) is 5.92. The molecule has 0 aromatic heterocycles. The van der Waals surface area contributed by atoms with Gasteiger partial charge in [0, 0.05) is 12.6 Å². The van der Waals surface area contributed by atoms with Crippen LogP contribution in [0.5, 0.6) is 0 Å². The SMILES string of the molecule is CN[C@@H](C(=O)NCCC1CCCN1C)C(C)C. The molecule has 1 aliphatic rings. The zero-order chi connectivity index (χ0) is 12.8. The van der Waals surface area contributed by atoms with Gasteiger partial charge in [0.2, 0.25) is 5.91 Å². The van der Waals surface area contributed by atoms with Crippen LogP contribution in [-0.2, 0) is 4.79 Å². The van der Waals surface area contributed by atoms with Crippen LogP contribution in [0.25, 0.3) is 0 Å². The first-order valence-electron chi connectivity index (χ1n) is 6.71. The van der Waals surface area contributed by atoms with E-state index in [4.69, 9.17) is 0 Å². The Hall–Kier alpha value is -0.610. The normalized spacial score (nSPS) is 23.0. The van der Waals surface area contributed by atoms with Crippen molar-refractivity contribution in [2.75, 3.05) is 27.2 Å². The van der Waals surface area contributed by atoms with E-state index in [1.165, 1.54) is 19.4 Å². The van der Waals surface area contributed by atoms with E-state index in [0.717, 1.165) is 13.0 Å². The molecule has 1 heterocycles. The number of carbonyl (C=O) groups excluding carboxylic acids is 1. The molecular formula is C13H27N3O. The summed E-state index contributed by atoms with van der Waals surface area (Å²) < 4.78 is 0. The quantitative estimate of drug-likeness (QED) is 0.724. The minimum Gasteiger partial charge on any atom is -0.355 e. The third kappa shape index (κ3) is 4.28. The first-order chi connectivity index (χ1) is 8.06. The summed E-state index contributed by atoms with van der Waals surface area (Å²) in [6.45, 7) is 6.11. The van der Waals surface area contributed by atoms with Gasteiger partial charge in [0.25, 0.3) is 0 Å². The predicted molar refractivity (Wildman–Crippen MR) is 71.0 cm³/mol. The van der Waals surface area contributed by atoms with Crippen molar-refractivity contribution in [3.8, 4) is 0 Å². The van der Waals surface area contributed by atoms with Crippen molar-refractivity contribution in [2.45, 2.75) is 45.2 Å². The summed E-state index contributed by atoms with van der Waals surface area (Å²) in [4.78, 5) is 14.3. The summed E-state index contributed by atoms with van der Waals surface area (Å²) >= 11 is 0. The van der Waals surface area contributed by atoms with E-state index in [1.807, 2.05) is 7.05 Å². The molecule has 1 aliphatic heterocycles. The lowest BCUT2D eigenvalue weighted by molar-refractivity contribution is -0.124. The molecule has 0 aliphatic carbocycles. The van der Waals surface area contributed by atoms with E-state index in [2.05, 4.69) is 36.4 Å². The number of hydrogen-bond donors (Lipinski definition) is 2. The van der Waals surface area contributed by atoms with Crippen molar-refractivity contribution < 1.29 is 4.79 Å². The molecule has 17 heavy (non-hydrogen) atoms. The lowest BCUT2D eigenvalue weighted by Crippen LogP contribution is -2.46. The van der Waals surface area contributed by atoms with Crippen molar-refractivity contribution in [1.29, 1.82) is 0 Å². The molecule has 1 unspecified atom stereocenters. The predicted octanol–water partition coefficient (Wildman–Crippen LogP) is 0.831. The molecular weight excluding hydrogens is 214 g/mol. The van der Waals surface area contributed by atoms with Gasteiger partial charge in [0.05, 0.1) is 6.04 Å². The van der Waals surface area contributed by atoms with Crippen LogP contribution in [-0.4, -0.2) is 50.1 Å². The average Bonchev–Trinajstić information content (AvgIpc) is 2.65. The van der Waals surface area contributed by atoms with Crippen molar-refractivity contribution in [2.24, 2.45) is 5.92 Å². The van der Waals surface area contributed by atoms with Crippen LogP contribution >= 0.6 is 0 Å². The van der Waals surface area contributed by atoms with E-state index in [9.17, 15) is 4.79 Å². The lowest BCUT2D eigenvalue weighted by Gasteiger charge is -2.22. The molecule has 2 N–H and O–H groups in total. The first-order valence-corrected chi connectivity index (χ1v) is 6.71. The highest BCUT2D eigenvalue weighted by molar-refractivity contribution is 5.81. The Bertz CT molecular complexity index is 243. The van der Waals surface area contributed by atoms with Gasteiger partial charge >= 0.3 is 0 Å². The van der Waals surface area contributed by atoms with Crippen LogP contribution in [0.2, 0.25) is 0 Å². The summed E-state index contributed by atoms with van der Waals surface area (Å²) in [6.07, 6.45) is 3.63. The monoisotopic (exact) mass is 241 g/mol. The highest BCUT2D eigenvalue weighted by atomic mass is 16.2. The summed E-state index contributed by atoms with van der Waals surface area (Å²) in [5.41, 5.74) is 0. The molecule has 1 fully saturated rings. The van der Waals surface area contributed by atoms with Gasteiger partial charge in [0.1, 0.15) is 0 Å². The molecule has 100 valence electrons. The molecule has 1 rings (SSSR count). The maximum absolute atomic E-state index is 11.9. The minimum atomic E-state index is -0.0729. The number of likely N-dealkylation sites (tertiary alicyclic amines) is 1. The lowest BCUT2D eigenvalue weighted by atomic mass is 10.0. The summed E-state index contributed by atoms with van der Waals surface area (Å²) in [6, 6.07) is 0.582. The number of amides is 1. The van der Waals surface area contributed by atoms with Crippen molar-refractivity contribution in [1.82, 2.24) is 15.5 Å². The molecule has 2 atom stereocenters. The Labute approximate surface area is 105 Å². The maximum atomic E-state index is 11.9. The van der Waals surface area contributed by atoms with Crippen molar-refractivity contribution >= 4 is 5.91 Å². The van der Waals surface area contributed by atoms with Crippen LogP contribution in [0.3, 0.4) is 0 Å². The minimum absolute atomic E-state index is 0.0729. The standard InChI is InChI=1S/C13H27N3O/c1-10(2)12(14-3)13(17)15-8-7-11-6-5-9-16(11)4/h10-12,14H,5-9H2,1-4H3,(H,15,17)/t11?,12-/m1/s1. The third-order valence-electron chi connectivity index (χ3n) is 3.71. The fourth-order valence-electron chi connectivity index (χ4n) is 2.58. The van der Waals surface area contributed by atoms with Crippen molar-refractivity contribution in [3.05, 3.63) is 0 Å². The van der Waals surface area contributed by atoms with Gasteiger partial charge in [-0.05, 0) is 45.8 Å². The van der Waals surface area contributed by atoms with E-state index in [1.54, 1.807) is 0 Å². The number of rotatable bonds is 6. The Morgan fingerprint density at radius 2 is 2.18 bits per heavy atom. The summed E-state index contributed by atoms with van der Waals surface area (Å²) in [7, 11) is 4.01. The van der Waals surface area contributed by atoms with E-state index in [-0.39, 0.29) is 11.9 Å². The number of nitrogens with zero attached hydrogens (tertiary/aromatic N) is 1. The number of nitrogens with one attached hydrogen (secondary N) is 2. The molecule has 0 saturated carbocycles.